The topological polar surface area (TPSA) is 207 Å². The molecule has 0 aromatic rings. The molecule has 0 aliphatic rings. The molecule has 0 bridgehead atoms. The molecule has 192 valence electrons. The summed E-state index contributed by atoms with van der Waals surface area (Å²) in [5.41, 5.74) is 0. The Morgan fingerprint density at radius 2 is 1.15 bits per heavy atom. The van der Waals surface area contributed by atoms with Crippen LogP contribution in [0.1, 0.15) is 84.0 Å². The number of carbonyl (C=O) groups excluding carboxylic acids is 1. The smallest absolute Gasteiger partial charge is 0.245 e. The second-order valence-electron chi connectivity index (χ2n) is 8.39. The van der Waals surface area contributed by atoms with Crippen LogP contribution in [0.15, 0.2) is 0 Å². The van der Waals surface area contributed by atoms with Gasteiger partial charge in [-0.2, -0.15) is 0 Å². The van der Waals surface area contributed by atoms with E-state index in [1.54, 1.807) is 0 Å². The Labute approximate surface area is 192 Å². The number of aliphatic hydroxyl groups excluding tert-OH is 3. The molecule has 0 aliphatic heterocycles. The standard InChI is InChI=1S/C20H37N3O10/c1-2-3-4-5-6-7-10-15(21(28)29)19(26)14-20(27)17(23(32)33)13-16(22(30)31)18(25)11-8-9-12-24/h12,15-20,25-27H,2-11,13-14H2,1H3. The van der Waals surface area contributed by atoms with Crippen LogP contribution < -0.4 is 0 Å². The third-order valence-electron chi connectivity index (χ3n) is 5.79. The molecule has 13 heteroatoms. The van der Waals surface area contributed by atoms with Gasteiger partial charge >= 0.3 is 0 Å². The molecule has 3 N–H and O–H groups in total. The Morgan fingerprint density at radius 3 is 1.67 bits per heavy atom. The van der Waals surface area contributed by atoms with Gasteiger partial charge in [-0.3, -0.25) is 30.3 Å². The molecule has 6 atom stereocenters. The summed E-state index contributed by atoms with van der Waals surface area (Å²) in [6.07, 6.45) is -0.679. The molecule has 13 nitrogen and oxygen atoms in total. The Bertz CT molecular complexity index is 607. The first-order valence-corrected chi connectivity index (χ1v) is 11.4. The van der Waals surface area contributed by atoms with E-state index in [-0.39, 0.29) is 25.7 Å². The lowest BCUT2D eigenvalue weighted by molar-refractivity contribution is -0.574. The lowest BCUT2D eigenvalue weighted by atomic mass is 9.91. The second-order valence-corrected chi connectivity index (χ2v) is 8.39. The third-order valence-corrected chi connectivity index (χ3v) is 5.79. The SMILES string of the molecule is CCCCCCCCC(C(O)CC(O)C(CC(C(O)CCCC=O)[N+](=O)[O-])[N+](=O)[O-])[N+](=O)[O-]. The first-order chi connectivity index (χ1) is 15.6. The average Bonchev–Trinajstić information content (AvgIpc) is 2.72. The fourth-order valence-electron chi connectivity index (χ4n) is 3.75. The van der Waals surface area contributed by atoms with Crippen molar-refractivity contribution in [2.45, 2.75) is 120 Å². The van der Waals surface area contributed by atoms with Crippen molar-refractivity contribution in [3.8, 4) is 0 Å². The summed E-state index contributed by atoms with van der Waals surface area (Å²) in [4.78, 5) is 42.0. The van der Waals surface area contributed by atoms with Crippen LogP contribution in [0.2, 0.25) is 0 Å². The Morgan fingerprint density at radius 1 is 0.667 bits per heavy atom. The van der Waals surface area contributed by atoms with Crippen LogP contribution in [0.25, 0.3) is 0 Å². The molecule has 0 saturated carbocycles. The summed E-state index contributed by atoms with van der Waals surface area (Å²) < 4.78 is 0. The van der Waals surface area contributed by atoms with Crippen molar-refractivity contribution >= 4 is 6.29 Å². The van der Waals surface area contributed by atoms with Gasteiger partial charge in [0.1, 0.15) is 24.6 Å². The molecule has 6 unspecified atom stereocenters. The predicted molar refractivity (Wildman–Crippen MR) is 118 cm³/mol. The van der Waals surface area contributed by atoms with Crippen molar-refractivity contribution in [2.75, 3.05) is 0 Å². The number of aliphatic hydroxyl groups is 3. The maximum absolute atomic E-state index is 11.4. The minimum atomic E-state index is -1.91. The molecule has 0 aliphatic carbocycles. The van der Waals surface area contributed by atoms with Crippen molar-refractivity contribution in [3.63, 3.8) is 0 Å². The van der Waals surface area contributed by atoms with E-state index in [1.165, 1.54) is 0 Å². The van der Waals surface area contributed by atoms with Crippen molar-refractivity contribution in [3.05, 3.63) is 30.3 Å². The van der Waals surface area contributed by atoms with Gasteiger partial charge in [0.2, 0.25) is 18.1 Å². The number of hydrogen-bond donors (Lipinski definition) is 3. The summed E-state index contributed by atoms with van der Waals surface area (Å²) in [5.74, 6) is 0. The van der Waals surface area contributed by atoms with Crippen molar-refractivity contribution in [2.24, 2.45) is 0 Å². The lowest BCUT2D eigenvalue weighted by Crippen LogP contribution is -2.46. The summed E-state index contributed by atoms with van der Waals surface area (Å²) in [5, 5.41) is 64.7. The molecule has 0 rings (SSSR count). The van der Waals surface area contributed by atoms with E-state index < -0.39 is 64.0 Å². The molecule has 0 fully saturated rings. The normalized spacial score (nSPS) is 16.8. The van der Waals surface area contributed by atoms with E-state index in [2.05, 4.69) is 6.92 Å². The van der Waals surface area contributed by atoms with E-state index in [0.29, 0.717) is 12.7 Å². The summed E-state index contributed by atoms with van der Waals surface area (Å²) in [7, 11) is 0. The quantitative estimate of drug-likeness (QED) is 0.0942. The fraction of sp³-hybridized carbons (Fsp3) is 0.950. The maximum atomic E-state index is 11.4. The van der Waals surface area contributed by atoms with Crippen molar-refractivity contribution in [1.29, 1.82) is 0 Å². The highest BCUT2D eigenvalue weighted by Crippen LogP contribution is 2.21. The van der Waals surface area contributed by atoms with Crippen LogP contribution >= 0.6 is 0 Å². The zero-order valence-electron chi connectivity index (χ0n) is 19.1. The van der Waals surface area contributed by atoms with E-state index in [9.17, 15) is 50.5 Å². The van der Waals surface area contributed by atoms with E-state index in [0.717, 1.165) is 32.1 Å². The van der Waals surface area contributed by atoms with Gasteiger partial charge in [-0.1, -0.05) is 39.0 Å². The van der Waals surface area contributed by atoms with Gasteiger partial charge < -0.3 is 20.1 Å². The zero-order chi connectivity index (χ0) is 25.4. The van der Waals surface area contributed by atoms with Gasteiger partial charge in [0.05, 0.1) is 6.42 Å². The van der Waals surface area contributed by atoms with Crippen molar-refractivity contribution in [1.82, 2.24) is 0 Å². The number of nitro groups is 3. The highest BCUT2D eigenvalue weighted by atomic mass is 16.6. The number of carbonyl (C=O) groups is 1. The summed E-state index contributed by atoms with van der Waals surface area (Å²) in [6.45, 7) is 2.06. The van der Waals surface area contributed by atoms with E-state index in [4.69, 9.17) is 0 Å². The molecule has 0 amide bonds. The molecule has 0 aromatic carbocycles. The van der Waals surface area contributed by atoms with E-state index >= 15 is 0 Å². The van der Waals surface area contributed by atoms with Crippen LogP contribution in [0, 0.1) is 30.3 Å². The molecule has 0 radical (unpaired) electrons. The number of hydrogen-bond acceptors (Lipinski definition) is 10. The number of nitrogens with zero attached hydrogens (tertiary/aromatic N) is 3. The van der Waals surface area contributed by atoms with Gasteiger partial charge in [-0.25, -0.2) is 0 Å². The van der Waals surface area contributed by atoms with Crippen LogP contribution in [0.4, 0.5) is 0 Å². The number of unbranched alkanes of at least 4 members (excludes halogenated alkanes) is 6. The Hall–Kier alpha value is -2.25. The Kier molecular flexibility index (Phi) is 16.1. The van der Waals surface area contributed by atoms with Gasteiger partial charge in [0.25, 0.3) is 0 Å². The van der Waals surface area contributed by atoms with Gasteiger partial charge in [0, 0.05) is 34.0 Å². The van der Waals surface area contributed by atoms with Crippen molar-refractivity contribution < 1.29 is 34.9 Å². The van der Waals surface area contributed by atoms with Gasteiger partial charge in [-0.15, -0.1) is 0 Å². The van der Waals surface area contributed by atoms with Gasteiger partial charge in [0.15, 0.2) is 0 Å². The first-order valence-electron chi connectivity index (χ1n) is 11.4. The first kappa shape index (κ1) is 30.8. The van der Waals surface area contributed by atoms with E-state index in [1.807, 2.05) is 0 Å². The minimum absolute atomic E-state index is 0.0448. The summed E-state index contributed by atoms with van der Waals surface area (Å²) >= 11 is 0. The second kappa shape index (κ2) is 17.3. The Balaban J connectivity index is 5.05. The lowest BCUT2D eigenvalue weighted by Gasteiger charge is -2.23. The monoisotopic (exact) mass is 479 g/mol. The molecular weight excluding hydrogens is 442 g/mol. The molecular formula is C20H37N3O10. The van der Waals surface area contributed by atoms with Crippen LogP contribution in [0.3, 0.4) is 0 Å². The van der Waals surface area contributed by atoms with Crippen LogP contribution in [-0.4, -0.2) is 72.8 Å². The molecule has 0 spiro atoms. The van der Waals surface area contributed by atoms with Crippen LogP contribution in [0.5, 0.6) is 0 Å². The molecule has 0 saturated heterocycles. The predicted octanol–water partition coefficient (Wildman–Crippen LogP) is 1.90. The molecule has 0 heterocycles. The fourth-order valence-corrected chi connectivity index (χ4v) is 3.75. The highest BCUT2D eigenvalue weighted by molar-refractivity contribution is 5.48. The summed E-state index contributed by atoms with van der Waals surface area (Å²) in [6, 6.07) is -5.09. The van der Waals surface area contributed by atoms with Gasteiger partial charge in [-0.05, 0) is 19.3 Å². The average molecular weight is 480 g/mol. The largest absolute Gasteiger partial charge is 0.386 e. The minimum Gasteiger partial charge on any atom is -0.386 e. The van der Waals surface area contributed by atoms with Crippen LogP contribution in [-0.2, 0) is 4.79 Å². The molecule has 33 heavy (non-hydrogen) atoms. The number of aldehydes is 1. The maximum Gasteiger partial charge on any atom is 0.245 e. The zero-order valence-corrected chi connectivity index (χ0v) is 19.1. The third kappa shape index (κ3) is 12.5. The molecule has 0 aromatic heterocycles. The highest BCUT2D eigenvalue weighted by Gasteiger charge is 2.43. The number of rotatable bonds is 21.